The number of aliphatic hydroxyl groups is 1. The number of aromatic nitrogens is 1. The van der Waals surface area contributed by atoms with Gasteiger partial charge < -0.3 is 9.67 Å². The van der Waals surface area contributed by atoms with Gasteiger partial charge in [0.1, 0.15) is 0 Å². The van der Waals surface area contributed by atoms with E-state index in [0.717, 1.165) is 5.56 Å². The summed E-state index contributed by atoms with van der Waals surface area (Å²) < 4.78 is 2.35. The number of nitrogens with zero attached hydrogens (tertiary/aromatic N) is 1. The molecule has 0 spiro atoms. The Bertz CT molecular complexity index is 508. The first-order valence-electron chi connectivity index (χ1n) is 6.05. The van der Waals surface area contributed by atoms with Crippen LogP contribution >= 0.6 is 0 Å². The molecule has 3 rings (SSSR count). The van der Waals surface area contributed by atoms with Crippen LogP contribution < -0.4 is 0 Å². The molecule has 1 saturated carbocycles. The molecule has 1 fully saturated rings. The lowest BCUT2D eigenvalue weighted by molar-refractivity contribution is 0.200. The van der Waals surface area contributed by atoms with Gasteiger partial charge in [0.05, 0.1) is 6.10 Å². The van der Waals surface area contributed by atoms with Crippen molar-refractivity contribution in [2.45, 2.75) is 38.3 Å². The third kappa shape index (κ3) is 1.37. The number of para-hydroxylation sites is 1. The fourth-order valence-electron chi connectivity index (χ4n) is 2.53. The third-order valence-corrected chi connectivity index (χ3v) is 3.69. The van der Waals surface area contributed by atoms with E-state index < -0.39 is 0 Å². The Morgan fingerprint density at radius 2 is 2.06 bits per heavy atom. The average Bonchev–Trinajstić information content (AvgIpc) is 2.56. The molecular weight excluding hydrogens is 198 g/mol. The van der Waals surface area contributed by atoms with Gasteiger partial charge in [0.15, 0.2) is 0 Å². The van der Waals surface area contributed by atoms with Gasteiger partial charge in [0.2, 0.25) is 0 Å². The number of rotatable bonds is 2. The summed E-state index contributed by atoms with van der Waals surface area (Å²) in [5, 5.41) is 11.0. The predicted molar refractivity (Wildman–Crippen MR) is 65.5 cm³/mol. The molecule has 1 atom stereocenters. The number of benzene rings is 1. The van der Waals surface area contributed by atoms with E-state index in [4.69, 9.17) is 0 Å². The second-order valence-electron chi connectivity index (χ2n) is 4.77. The van der Waals surface area contributed by atoms with Crippen molar-refractivity contribution in [3.05, 3.63) is 36.0 Å². The van der Waals surface area contributed by atoms with E-state index in [1.165, 1.54) is 30.2 Å². The second kappa shape index (κ2) is 3.63. The van der Waals surface area contributed by atoms with Crippen LogP contribution in [0, 0.1) is 0 Å². The Hall–Kier alpha value is -1.28. The van der Waals surface area contributed by atoms with E-state index in [0.29, 0.717) is 6.04 Å². The third-order valence-electron chi connectivity index (χ3n) is 3.69. The SMILES string of the molecule is CC(O)c1cn(C2CCC2)c2ccccc12. The molecule has 0 amide bonds. The van der Waals surface area contributed by atoms with E-state index in [-0.39, 0.29) is 6.10 Å². The second-order valence-corrected chi connectivity index (χ2v) is 4.77. The first kappa shape index (κ1) is 9.91. The van der Waals surface area contributed by atoms with Crippen LogP contribution in [0.1, 0.15) is 43.9 Å². The highest BCUT2D eigenvalue weighted by Crippen LogP contribution is 2.37. The molecule has 0 bridgehead atoms. The van der Waals surface area contributed by atoms with E-state index in [1.807, 2.05) is 13.0 Å². The van der Waals surface area contributed by atoms with Gasteiger partial charge in [-0.1, -0.05) is 18.2 Å². The summed E-state index contributed by atoms with van der Waals surface area (Å²) in [6.07, 6.45) is 5.64. The van der Waals surface area contributed by atoms with Gasteiger partial charge in [-0.05, 0) is 32.3 Å². The van der Waals surface area contributed by atoms with Gasteiger partial charge in [-0.3, -0.25) is 0 Å². The van der Waals surface area contributed by atoms with Crippen LogP contribution in [-0.4, -0.2) is 9.67 Å². The van der Waals surface area contributed by atoms with Gasteiger partial charge in [-0.2, -0.15) is 0 Å². The highest BCUT2D eigenvalue weighted by atomic mass is 16.3. The average molecular weight is 215 g/mol. The monoisotopic (exact) mass is 215 g/mol. The smallest absolute Gasteiger partial charge is 0.0782 e. The van der Waals surface area contributed by atoms with Gasteiger partial charge in [0, 0.05) is 28.7 Å². The van der Waals surface area contributed by atoms with Gasteiger partial charge in [-0.15, -0.1) is 0 Å². The van der Waals surface area contributed by atoms with Crippen molar-refractivity contribution in [1.82, 2.24) is 4.57 Å². The summed E-state index contributed by atoms with van der Waals surface area (Å²) in [6, 6.07) is 9.02. The van der Waals surface area contributed by atoms with Crippen molar-refractivity contribution >= 4 is 10.9 Å². The molecule has 84 valence electrons. The van der Waals surface area contributed by atoms with Crippen molar-refractivity contribution in [3.8, 4) is 0 Å². The zero-order valence-corrected chi connectivity index (χ0v) is 9.56. The largest absolute Gasteiger partial charge is 0.389 e. The minimum Gasteiger partial charge on any atom is -0.389 e. The van der Waals surface area contributed by atoms with Gasteiger partial charge >= 0.3 is 0 Å². The Kier molecular flexibility index (Phi) is 2.25. The van der Waals surface area contributed by atoms with E-state index in [2.05, 4.69) is 29.0 Å². The van der Waals surface area contributed by atoms with Crippen LogP contribution in [0.25, 0.3) is 10.9 Å². The lowest BCUT2D eigenvalue weighted by atomic mass is 9.93. The Labute approximate surface area is 95.5 Å². The molecule has 1 aliphatic carbocycles. The van der Waals surface area contributed by atoms with Crippen LogP contribution in [-0.2, 0) is 0 Å². The Balaban J connectivity index is 2.20. The maximum atomic E-state index is 9.79. The van der Waals surface area contributed by atoms with Crippen LogP contribution in [0.15, 0.2) is 30.5 Å². The zero-order chi connectivity index (χ0) is 11.1. The fourth-order valence-corrected chi connectivity index (χ4v) is 2.53. The van der Waals surface area contributed by atoms with Gasteiger partial charge in [0.25, 0.3) is 0 Å². The standard InChI is InChI=1S/C14H17NO/c1-10(16)13-9-15(11-5-4-6-11)14-8-3-2-7-12(13)14/h2-3,7-11,16H,4-6H2,1H3. The minimum atomic E-state index is -0.383. The highest BCUT2D eigenvalue weighted by molar-refractivity contribution is 5.84. The molecule has 2 nitrogen and oxygen atoms in total. The van der Waals surface area contributed by atoms with Crippen LogP contribution in [0.5, 0.6) is 0 Å². The molecular formula is C14H17NO. The van der Waals surface area contributed by atoms with E-state index in [1.54, 1.807) is 0 Å². The molecule has 16 heavy (non-hydrogen) atoms. The Morgan fingerprint density at radius 1 is 1.31 bits per heavy atom. The van der Waals surface area contributed by atoms with E-state index >= 15 is 0 Å². The molecule has 1 aliphatic rings. The maximum Gasteiger partial charge on any atom is 0.0782 e. The van der Waals surface area contributed by atoms with E-state index in [9.17, 15) is 5.11 Å². The topological polar surface area (TPSA) is 25.2 Å². The summed E-state index contributed by atoms with van der Waals surface area (Å²) in [6.45, 7) is 1.84. The molecule has 1 unspecified atom stereocenters. The molecule has 2 heteroatoms. The number of fused-ring (bicyclic) bond motifs is 1. The first-order valence-corrected chi connectivity index (χ1v) is 6.05. The van der Waals surface area contributed by atoms with Crippen LogP contribution in [0.4, 0.5) is 0 Å². The van der Waals surface area contributed by atoms with Crippen molar-refractivity contribution < 1.29 is 5.11 Å². The molecule has 1 N–H and O–H groups in total. The summed E-state index contributed by atoms with van der Waals surface area (Å²) in [5.74, 6) is 0. The normalized spacial score (nSPS) is 18.6. The van der Waals surface area contributed by atoms with Crippen molar-refractivity contribution in [2.75, 3.05) is 0 Å². The highest BCUT2D eigenvalue weighted by Gasteiger charge is 2.22. The number of hydrogen-bond donors (Lipinski definition) is 1. The van der Waals surface area contributed by atoms with Gasteiger partial charge in [-0.25, -0.2) is 0 Å². The first-order chi connectivity index (χ1) is 7.77. The molecule has 0 aliphatic heterocycles. The van der Waals surface area contributed by atoms with Crippen molar-refractivity contribution in [2.24, 2.45) is 0 Å². The Morgan fingerprint density at radius 3 is 2.69 bits per heavy atom. The molecule has 1 heterocycles. The predicted octanol–water partition coefficient (Wildman–Crippen LogP) is 3.42. The lowest BCUT2D eigenvalue weighted by Gasteiger charge is -2.28. The molecule has 0 radical (unpaired) electrons. The summed E-state index contributed by atoms with van der Waals surface area (Å²) >= 11 is 0. The molecule has 0 saturated heterocycles. The molecule has 1 aromatic heterocycles. The minimum absolute atomic E-state index is 0.383. The lowest BCUT2D eigenvalue weighted by Crippen LogP contribution is -2.15. The summed E-state index contributed by atoms with van der Waals surface area (Å²) in [5.41, 5.74) is 2.32. The number of aliphatic hydroxyl groups excluding tert-OH is 1. The van der Waals surface area contributed by atoms with Crippen molar-refractivity contribution in [3.63, 3.8) is 0 Å². The maximum absolute atomic E-state index is 9.79. The molecule has 1 aromatic carbocycles. The summed E-state index contributed by atoms with van der Waals surface area (Å²) in [7, 11) is 0. The van der Waals surface area contributed by atoms with Crippen LogP contribution in [0.3, 0.4) is 0 Å². The number of hydrogen-bond acceptors (Lipinski definition) is 1. The fraction of sp³-hybridized carbons (Fsp3) is 0.429. The quantitative estimate of drug-likeness (QED) is 0.815. The zero-order valence-electron chi connectivity index (χ0n) is 9.56. The summed E-state index contributed by atoms with van der Waals surface area (Å²) in [4.78, 5) is 0. The molecule has 2 aromatic rings. The van der Waals surface area contributed by atoms with Crippen LogP contribution in [0.2, 0.25) is 0 Å². The van der Waals surface area contributed by atoms with Crippen molar-refractivity contribution in [1.29, 1.82) is 0 Å².